The van der Waals surface area contributed by atoms with Crippen LogP contribution in [0, 0.1) is 5.82 Å². The van der Waals surface area contributed by atoms with Gasteiger partial charge in [0.25, 0.3) is 0 Å². The number of rotatable bonds is 3. The van der Waals surface area contributed by atoms with E-state index in [-0.39, 0.29) is 16.4 Å². The van der Waals surface area contributed by atoms with Gasteiger partial charge in [-0.3, -0.25) is 0 Å². The molecule has 1 aromatic carbocycles. The van der Waals surface area contributed by atoms with E-state index in [1.54, 1.807) is 17.4 Å². The molecule has 0 radical (unpaired) electrons. The minimum atomic E-state index is -0.334. The molecule has 1 aromatic heterocycles. The zero-order valence-electron chi connectivity index (χ0n) is 8.61. The van der Waals surface area contributed by atoms with Crippen molar-refractivity contribution in [3.8, 4) is 5.75 Å². The monoisotopic (exact) mass is 300 g/mol. The van der Waals surface area contributed by atoms with Crippen LogP contribution >= 0.6 is 27.3 Å². The van der Waals surface area contributed by atoms with E-state index in [9.17, 15) is 4.39 Å². The number of ether oxygens (including phenoxy) is 1. The van der Waals surface area contributed by atoms with Gasteiger partial charge in [-0.25, -0.2) is 4.39 Å². The Labute approximate surface area is 106 Å². The van der Waals surface area contributed by atoms with Gasteiger partial charge in [-0.1, -0.05) is 22.0 Å². The molecule has 0 bridgehead atoms. The Morgan fingerprint density at radius 1 is 1.31 bits per heavy atom. The van der Waals surface area contributed by atoms with Gasteiger partial charge in [-0.15, -0.1) is 0 Å². The number of alkyl halides is 1. The second-order valence-electron chi connectivity index (χ2n) is 3.31. The van der Waals surface area contributed by atoms with Crippen molar-refractivity contribution in [1.29, 1.82) is 0 Å². The number of hydrogen-bond acceptors (Lipinski definition) is 2. The third-order valence-corrected chi connectivity index (χ3v) is 4.06. The lowest BCUT2D eigenvalue weighted by Gasteiger charge is -2.10. The number of methoxy groups -OCH3 is 1. The molecule has 0 saturated carbocycles. The molecule has 0 amide bonds. The average Bonchev–Trinajstić information content (AvgIpc) is 2.81. The lowest BCUT2D eigenvalue weighted by Crippen LogP contribution is -1.94. The van der Waals surface area contributed by atoms with Gasteiger partial charge in [-0.2, -0.15) is 11.3 Å². The van der Waals surface area contributed by atoms with Crippen LogP contribution in [0.15, 0.2) is 35.0 Å². The molecule has 0 aliphatic heterocycles. The molecule has 0 saturated heterocycles. The fourth-order valence-electron chi connectivity index (χ4n) is 1.45. The second-order valence-corrected chi connectivity index (χ2v) is 5.01. The summed E-state index contributed by atoms with van der Waals surface area (Å²) in [4.78, 5) is 0.0270. The van der Waals surface area contributed by atoms with Gasteiger partial charge in [0.05, 0.1) is 11.9 Å². The largest absolute Gasteiger partial charge is 0.494 e. The van der Waals surface area contributed by atoms with Crippen molar-refractivity contribution in [2.75, 3.05) is 7.11 Å². The maximum atomic E-state index is 13.5. The second kappa shape index (κ2) is 4.97. The van der Waals surface area contributed by atoms with E-state index in [0.717, 1.165) is 11.1 Å². The zero-order chi connectivity index (χ0) is 11.5. The third kappa shape index (κ3) is 2.28. The van der Waals surface area contributed by atoms with Gasteiger partial charge in [0, 0.05) is 0 Å². The minimum Gasteiger partial charge on any atom is -0.494 e. The lowest BCUT2D eigenvalue weighted by atomic mass is 10.1. The van der Waals surface area contributed by atoms with Gasteiger partial charge < -0.3 is 4.74 Å². The Kier molecular flexibility index (Phi) is 3.61. The van der Waals surface area contributed by atoms with Crippen LogP contribution < -0.4 is 4.74 Å². The Balaban J connectivity index is 2.31. The summed E-state index contributed by atoms with van der Waals surface area (Å²) >= 11 is 5.18. The Morgan fingerprint density at radius 3 is 2.69 bits per heavy atom. The minimum absolute atomic E-state index is 0.0270. The molecule has 16 heavy (non-hydrogen) atoms. The molecule has 1 atom stereocenters. The smallest absolute Gasteiger partial charge is 0.165 e. The molecule has 2 aromatic rings. The first-order valence-electron chi connectivity index (χ1n) is 4.72. The summed E-state index contributed by atoms with van der Waals surface area (Å²) in [5, 5.41) is 4.05. The molecule has 1 unspecified atom stereocenters. The van der Waals surface area contributed by atoms with Crippen LogP contribution in [0.5, 0.6) is 5.75 Å². The fraction of sp³-hybridized carbons (Fsp3) is 0.167. The summed E-state index contributed by atoms with van der Waals surface area (Å²) in [5.74, 6) is -0.0616. The Morgan fingerprint density at radius 2 is 2.12 bits per heavy atom. The van der Waals surface area contributed by atoms with E-state index in [0.29, 0.717) is 0 Å². The predicted molar refractivity (Wildman–Crippen MR) is 68.0 cm³/mol. The number of hydrogen-bond donors (Lipinski definition) is 0. The van der Waals surface area contributed by atoms with Crippen LogP contribution in [-0.2, 0) is 0 Å². The number of thiophene rings is 1. The molecule has 0 fully saturated rings. The van der Waals surface area contributed by atoms with Crippen molar-refractivity contribution in [1.82, 2.24) is 0 Å². The Bertz CT molecular complexity index is 470. The summed E-state index contributed by atoms with van der Waals surface area (Å²) in [6, 6.07) is 7.02. The summed E-state index contributed by atoms with van der Waals surface area (Å²) in [6.45, 7) is 0. The summed E-state index contributed by atoms with van der Waals surface area (Å²) < 4.78 is 18.4. The molecular formula is C12H10BrFOS. The molecule has 0 aliphatic rings. The van der Waals surface area contributed by atoms with Gasteiger partial charge in [0.15, 0.2) is 11.6 Å². The van der Waals surface area contributed by atoms with Crippen LogP contribution in [0.4, 0.5) is 4.39 Å². The molecule has 84 valence electrons. The van der Waals surface area contributed by atoms with Crippen LogP contribution in [-0.4, -0.2) is 7.11 Å². The topological polar surface area (TPSA) is 9.23 Å². The fourth-order valence-corrected chi connectivity index (χ4v) is 2.88. The van der Waals surface area contributed by atoms with E-state index in [1.807, 2.05) is 22.9 Å². The molecular weight excluding hydrogens is 291 g/mol. The van der Waals surface area contributed by atoms with E-state index in [4.69, 9.17) is 4.74 Å². The van der Waals surface area contributed by atoms with Gasteiger partial charge in [-0.05, 0) is 40.1 Å². The highest BCUT2D eigenvalue weighted by molar-refractivity contribution is 9.09. The summed E-state index contributed by atoms with van der Waals surface area (Å²) in [5.41, 5.74) is 2.02. The number of halogens is 2. The van der Waals surface area contributed by atoms with Gasteiger partial charge >= 0.3 is 0 Å². The standard InChI is InChI=1S/C12H10BrFOS/c1-15-11-3-2-8(6-10(11)14)12(13)9-4-5-16-7-9/h2-7,12H,1H3. The van der Waals surface area contributed by atoms with Crippen molar-refractivity contribution in [2.45, 2.75) is 4.83 Å². The SMILES string of the molecule is COc1ccc(C(Br)c2ccsc2)cc1F. The van der Waals surface area contributed by atoms with Crippen LogP contribution in [0.2, 0.25) is 0 Å². The molecule has 1 heterocycles. The normalized spacial score (nSPS) is 12.4. The van der Waals surface area contributed by atoms with Crippen LogP contribution in [0.3, 0.4) is 0 Å². The van der Waals surface area contributed by atoms with Crippen molar-refractivity contribution in [3.63, 3.8) is 0 Å². The molecule has 0 N–H and O–H groups in total. The summed E-state index contributed by atoms with van der Waals surface area (Å²) in [7, 11) is 1.46. The molecule has 2 rings (SSSR count). The Hall–Kier alpha value is -0.870. The highest BCUT2D eigenvalue weighted by atomic mass is 79.9. The van der Waals surface area contributed by atoms with E-state index in [1.165, 1.54) is 13.2 Å². The maximum Gasteiger partial charge on any atom is 0.165 e. The molecule has 0 aliphatic carbocycles. The van der Waals surface area contributed by atoms with Crippen molar-refractivity contribution in [2.24, 2.45) is 0 Å². The van der Waals surface area contributed by atoms with Crippen molar-refractivity contribution >= 4 is 27.3 Å². The first kappa shape index (κ1) is 11.6. The zero-order valence-corrected chi connectivity index (χ0v) is 11.0. The molecule has 4 heteroatoms. The van der Waals surface area contributed by atoms with Crippen LogP contribution in [0.1, 0.15) is 16.0 Å². The van der Waals surface area contributed by atoms with E-state index >= 15 is 0 Å². The molecule has 0 spiro atoms. The van der Waals surface area contributed by atoms with Gasteiger partial charge in [0.1, 0.15) is 0 Å². The number of benzene rings is 1. The van der Waals surface area contributed by atoms with Crippen LogP contribution in [0.25, 0.3) is 0 Å². The highest BCUT2D eigenvalue weighted by Gasteiger charge is 2.13. The average molecular weight is 301 g/mol. The van der Waals surface area contributed by atoms with Crippen molar-refractivity contribution in [3.05, 3.63) is 52.0 Å². The maximum absolute atomic E-state index is 13.5. The molecule has 1 nitrogen and oxygen atoms in total. The first-order chi connectivity index (χ1) is 7.72. The van der Waals surface area contributed by atoms with E-state index < -0.39 is 0 Å². The third-order valence-electron chi connectivity index (χ3n) is 2.30. The summed E-state index contributed by atoms with van der Waals surface area (Å²) in [6.07, 6.45) is 0. The van der Waals surface area contributed by atoms with Gasteiger partial charge in [0.2, 0.25) is 0 Å². The first-order valence-corrected chi connectivity index (χ1v) is 6.58. The quantitative estimate of drug-likeness (QED) is 0.764. The highest BCUT2D eigenvalue weighted by Crippen LogP contribution is 2.33. The van der Waals surface area contributed by atoms with Crippen molar-refractivity contribution < 1.29 is 9.13 Å². The lowest BCUT2D eigenvalue weighted by molar-refractivity contribution is 0.386. The predicted octanol–water partition coefficient (Wildman–Crippen LogP) is 4.38. The van der Waals surface area contributed by atoms with E-state index in [2.05, 4.69) is 15.9 Å².